The number of rotatable bonds is 8. The molecule has 0 spiro atoms. The Bertz CT molecular complexity index is 1010. The molecule has 0 aliphatic carbocycles. The van der Waals surface area contributed by atoms with Crippen LogP contribution in [0, 0.1) is 0 Å². The number of sulfone groups is 1. The molecule has 0 aromatic heterocycles. The minimum Gasteiger partial charge on any atom is -0.457 e. The lowest BCUT2D eigenvalue weighted by Crippen LogP contribution is -2.45. The van der Waals surface area contributed by atoms with Gasteiger partial charge in [0.1, 0.15) is 23.4 Å². The van der Waals surface area contributed by atoms with Crippen molar-refractivity contribution in [2.45, 2.75) is 43.0 Å². The lowest BCUT2D eigenvalue weighted by atomic mass is 10.2. The molecule has 2 atom stereocenters. The van der Waals surface area contributed by atoms with Gasteiger partial charge < -0.3 is 24.2 Å². The maximum absolute atomic E-state index is 12.7. The molecule has 1 aliphatic rings. The molecule has 0 bridgehead atoms. The number of alkyl halides is 3. The molecule has 1 aliphatic heterocycles. The van der Waals surface area contributed by atoms with E-state index in [1.165, 1.54) is 36.4 Å². The van der Waals surface area contributed by atoms with Crippen molar-refractivity contribution in [1.29, 1.82) is 0 Å². The van der Waals surface area contributed by atoms with Gasteiger partial charge >= 0.3 is 6.36 Å². The molecule has 1 saturated heterocycles. The standard InChI is InChI=1S/C20H22F3NO7S/c1-19(2)28-11-18(31-19)17(24-25)12-32(26,27)16-9-7-14(8-10-16)29-13-3-5-15(6-4-13)30-20(21,22)23/h3-10,17-18,24-25H,11-12H2,1-2H3/t17-,18?/m0/s1. The van der Waals surface area contributed by atoms with Gasteiger partial charge in [0.05, 0.1) is 23.3 Å². The Hall–Kier alpha value is -2.38. The Balaban J connectivity index is 1.64. The van der Waals surface area contributed by atoms with E-state index in [1.807, 2.05) is 5.48 Å². The molecule has 176 valence electrons. The van der Waals surface area contributed by atoms with Crippen molar-refractivity contribution in [3.8, 4) is 17.2 Å². The maximum atomic E-state index is 12.7. The second-order valence-corrected chi connectivity index (χ2v) is 9.51. The van der Waals surface area contributed by atoms with Crippen molar-refractivity contribution in [3.63, 3.8) is 0 Å². The van der Waals surface area contributed by atoms with Crippen molar-refractivity contribution >= 4 is 9.84 Å². The van der Waals surface area contributed by atoms with Gasteiger partial charge in [0.15, 0.2) is 15.6 Å². The summed E-state index contributed by atoms with van der Waals surface area (Å²) >= 11 is 0. The van der Waals surface area contributed by atoms with Gasteiger partial charge in [0.25, 0.3) is 0 Å². The van der Waals surface area contributed by atoms with Crippen LogP contribution in [0.3, 0.4) is 0 Å². The van der Waals surface area contributed by atoms with Gasteiger partial charge in [-0.2, -0.15) is 5.48 Å². The first kappa shape index (κ1) is 24.3. The van der Waals surface area contributed by atoms with Crippen LogP contribution in [0.1, 0.15) is 13.8 Å². The van der Waals surface area contributed by atoms with Crippen molar-refractivity contribution in [2.75, 3.05) is 12.4 Å². The zero-order valence-corrected chi connectivity index (χ0v) is 17.9. The maximum Gasteiger partial charge on any atom is 0.573 e. The van der Waals surface area contributed by atoms with Gasteiger partial charge in [-0.05, 0) is 62.4 Å². The number of benzene rings is 2. The van der Waals surface area contributed by atoms with Crippen molar-refractivity contribution in [3.05, 3.63) is 48.5 Å². The first-order chi connectivity index (χ1) is 14.9. The van der Waals surface area contributed by atoms with Gasteiger partial charge in [-0.15, -0.1) is 13.2 Å². The first-order valence-corrected chi connectivity index (χ1v) is 11.1. The zero-order chi connectivity index (χ0) is 23.6. The van der Waals surface area contributed by atoms with Crippen LogP contribution < -0.4 is 15.0 Å². The third kappa shape index (κ3) is 6.56. The summed E-state index contributed by atoms with van der Waals surface area (Å²) in [5.41, 5.74) is 1.98. The number of nitrogens with one attached hydrogen (secondary N) is 1. The van der Waals surface area contributed by atoms with E-state index in [4.69, 9.17) is 14.2 Å². The summed E-state index contributed by atoms with van der Waals surface area (Å²) in [5.74, 6) is -1.19. The summed E-state index contributed by atoms with van der Waals surface area (Å²) in [6, 6.07) is 9.34. The highest BCUT2D eigenvalue weighted by atomic mass is 32.2. The molecule has 3 rings (SSSR count). The predicted octanol–water partition coefficient (Wildman–Crippen LogP) is 3.65. The quantitative estimate of drug-likeness (QED) is 0.556. The third-order valence-electron chi connectivity index (χ3n) is 4.52. The van der Waals surface area contributed by atoms with Gasteiger partial charge in [-0.1, -0.05) is 0 Å². The van der Waals surface area contributed by atoms with Crippen molar-refractivity contribution < 1.29 is 45.7 Å². The van der Waals surface area contributed by atoms with Crippen LogP contribution in [0.5, 0.6) is 17.2 Å². The highest BCUT2D eigenvalue weighted by molar-refractivity contribution is 7.91. The average Bonchev–Trinajstić information content (AvgIpc) is 3.06. The van der Waals surface area contributed by atoms with Gasteiger partial charge in [-0.25, -0.2) is 8.42 Å². The van der Waals surface area contributed by atoms with Crippen LogP contribution >= 0.6 is 0 Å². The highest BCUT2D eigenvalue weighted by Gasteiger charge is 2.39. The van der Waals surface area contributed by atoms with Gasteiger partial charge in [0.2, 0.25) is 0 Å². The molecule has 1 heterocycles. The fourth-order valence-corrected chi connectivity index (χ4v) is 4.54. The summed E-state index contributed by atoms with van der Waals surface area (Å²) < 4.78 is 82.5. The van der Waals surface area contributed by atoms with Crippen molar-refractivity contribution in [1.82, 2.24) is 5.48 Å². The fraction of sp³-hybridized carbons (Fsp3) is 0.400. The molecule has 8 nitrogen and oxygen atoms in total. The second-order valence-electron chi connectivity index (χ2n) is 7.48. The molecular weight excluding hydrogens is 455 g/mol. The predicted molar refractivity (Wildman–Crippen MR) is 105 cm³/mol. The Morgan fingerprint density at radius 3 is 2.09 bits per heavy atom. The molecule has 0 amide bonds. The van der Waals surface area contributed by atoms with Gasteiger partial charge in [-0.3, -0.25) is 0 Å². The Morgan fingerprint density at radius 2 is 1.62 bits per heavy atom. The van der Waals surface area contributed by atoms with Crippen molar-refractivity contribution in [2.24, 2.45) is 0 Å². The monoisotopic (exact) mass is 477 g/mol. The van der Waals surface area contributed by atoms with Crippen LogP contribution in [-0.4, -0.2) is 50.3 Å². The fourth-order valence-electron chi connectivity index (χ4n) is 3.03. The smallest absolute Gasteiger partial charge is 0.457 e. The van der Waals surface area contributed by atoms with E-state index in [0.717, 1.165) is 12.1 Å². The minimum absolute atomic E-state index is 0.00259. The summed E-state index contributed by atoms with van der Waals surface area (Å²) in [7, 11) is -3.80. The number of ether oxygens (including phenoxy) is 4. The Morgan fingerprint density at radius 1 is 1.09 bits per heavy atom. The van der Waals surface area contributed by atoms with Crippen LogP contribution in [0.2, 0.25) is 0 Å². The van der Waals surface area contributed by atoms with E-state index < -0.39 is 45.6 Å². The third-order valence-corrected chi connectivity index (χ3v) is 6.31. The number of hydrogen-bond donors (Lipinski definition) is 2. The summed E-state index contributed by atoms with van der Waals surface area (Å²) in [4.78, 5) is -0.00259. The van der Waals surface area contributed by atoms with E-state index in [2.05, 4.69) is 4.74 Å². The van der Waals surface area contributed by atoms with E-state index in [-0.39, 0.29) is 23.0 Å². The minimum atomic E-state index is -4.79. The van der Waals surface area contributed by atoms with E-state index in [0.29, 0.717) is 0 Å². The van der Waals surface area contributed by atoms with E-state index in [1.54, 1.807) is 13.8 Å². The average molecular weight is 477 g/mol. The topological polar surface area (TPSA) is 103 Å². The molecule has 1 unspecified atom stereocenters. The Labute approximate surface area is 182 Å². The molecule has 1 fully saturated rings. The van der Waals surface area contributed by atoms with E-state index in [9.17, 15) is 26.8 Å². The molecule has 2 aromatic carbocycles. The first-order valence-electron chi connectivity index (χ1n) is 9.45. The van der Waals surface area contributed by atoms with Crippen LogP contribution in [0.4, 0.5) is 13.2 Å². The lowest BCUT2D eigenvalue weighted by Gasteiger charge is -2.23. The van der Waals surface area contributed by atoms with Gasteiger partial charge in [0, 0.05) is 0 Å². The van der Waals surface area contributed by atoms with Crippen LogP contribution in [-0.2, 0) is 19.3 Å². The molecule has 2 aromatic rings. The number of hydroxylamine groups is 1. The lowest BCUT2D eigenvalue weighted by molar-refractivity contribution is -0.274. The van der Waals surface area contributed by atoms with Crippen LogP contribution in [0.15, 0.2) is 53.4 Å². The second kappa shape index (κ2) is 9.24. The molecule has 12 heteroatoms. The molecule has 0 saturated carbocycles. The summed E-state index contributed by atoms with van der Waals surface area (Å²) in [5, 5.41) is 9.42. The highest BCUT2D eigenvalue weighted by Crippen LogP contribution is 2.29. The zero-order valence-electron chi connectivity index (χ0n) is 17.1. The molecule has 32 heavy (non-hydrogen) atoms. The number of halogens is 3. The molecular formula is C20H22F3NO7S. The Kier molecular flexibility index (Phi) is 7.00. The van der Waals surface area contributed by atoms with Crippen LogP contribution in [0.25, 0.3) is 0 Å². The largest absolute Gasteiger partial charge is 0.573 e. The number of hydrogen-bond acceptors (Lipinski definition) is 8. The molecule has 2 N–H and O–H groups in total. The molecule has 0 radical (unpaired) electrons. The summed E-state index contributed by atoms with van der Waals surface area (Å²) in [6.07, 6.45) is -5.45. The summed E-state index contributed by atoms with van der Waals surface area (Å²) in [6.45, 7) is 3.50. The SMILES string of the molecule is CC1(C)OCC([C@H](CS(=O)(=O)c2ccc(Oc3ccc(OC(F)(F)F)cc3)cc2)NO)O1. The normalized spacial score (nSPS) is 19.5. The van der Waals surface area contributed by atoms with E-state index >= 15 is 0 Å².